The van der Waals surface area contributed by atoms with Gasteiger partial charge in [-0.15, -0.1) is 0 Å². The summed E-state index contributed by atoms with van der Waals surface area (Å²) in [4.78, 5) is 18.4. The van der Waals surface area contributed by atoms with Crippen LogP contribution in [0.25, 0.3) is 0 Å². The minimum Gasteiger partial charge on any atom is -0.333 e. The molecule has 0 N–H and O–H groups in total. The van der Waals surface area contributed by atoms with Crippen molar-refractivity contribution < 1.29 is 26.9 Å². The molecule has 0 unspecified atom stereocenters. The SMILES string of the molecule is CCCC(=O)N(CC12CCC(c3noc(C(C)(F)F)n3)(CC1)C2)c1ccc(F)c(F)c1. The van der Waals surface area contributed by atoms with Crippen molar-refractivity contribution in [2.24, 2.45) is 5.41 Å². The Bertz CT molecular complexity index is 977. The van der Waals surface area contributed by atoms with Gasteiger partial charge in [0.1, 0.15) is 0 Å². The molecule has 2 aliphatic carbocycles. The van der Waals surface area contributed by atoms with Crippen LogP contribution >= 0.6 is 0 Å². The van der Waals surface area contributed by atoms with E-state index in [4.69, 9.17) is 4.52 Å². The van der Waals surface area contributed by atoms with Crippen LogP contribution in [0.4, 0.5) is 23.2 Å². The highest BCUT2D eigenvalue weighted by molar-refractivity contribution is 5.93. The smallest absolute Gasteiger partial charge is 0.322 e. The van der Waals surface area contributed by atoms with Crippen molar-refractivity contribution in [3.8, 4) is 0 Å². The lowest BCUT2D eigenvalue weighted by molar-refractivity contribution is -0.119. The van der Waals surface area contributed by atoms with E-state index in [1.54, 1.807) is 0 Å². The van der Waals surface area contributed by atoms with Crippen LogP contribution in [0.2, 0.25) is 0 Å². The summed E-state index contributed by atoms with van der Waals surface area (Å²) >= 11 is 0. The maximum Gasteiger partial charge on any atom is 0.322 e. The Hall–Kier alpha value is -2.45. The number of rotatable bonds is 7. The number of hydrogen-bond acceptors (Lipinski definition) is 4. The maximum absolute atomic E-state index is 13.9. The Morgan fingerprint density at radius 3 is 2.48 bits per heavy atom. The number of alkyl halides is 2. The average Bonchev–Trinajstić information content (AvgIpc) is 3.42. The van der Waals surface area contributed by atoms with E-state index in [1.165, 1.54) is 11.0 Å². The van der Waals surface area contributed by atoms with Crippen molar-refractivity contribution in [3.05, 3.63) is 41.5 Å². The van der Waals surface area contributed by atoms with Gasteiger partial charge >= 0.3 is 5.92 Å². The number of carbonyl (C=O) groups excluding carboxylic acids is 1. The fourth-order valence-electron chi connectivity index (χ4n) is 5.12. The lowest BCUT2D eigenvalue weighted by atomic mass is 9.81. The molecule has 2 aromatic rings. The highest BCUT2D eigenvalue weighted by Crippen LogP contribution is 2.62. The van der Waals surface area contributed by atoms with Crippen molar-refractivity contribution in [3.63, 3.8) is 0 Å². The van der Waals surface area contributed by atoms with E-state index < -0.39 is 28.9 Å². The van der Waals surface area contributed by atoms with Gasteiger partial charge in [0.15, 0.2) is 17.5 Å². The van der Waals surface area contributed by atoms with Crippen LogP contribution in [0.1, 0.15) is 70.5 Å². The monoisotopic (exact) mass is 439 g/mol. The number of hydrogen-bond donors (Lipinski definition) is 0. The standard InChI is InChI=1S/C22H25F4N3O2/c1-3-4-17(30)29(14-5-6-15(23)16(24)11-14)13-21-7-9-22(12-21,10-8-21)18-27-19(31-28-18)20(2,25)26/h5-6,11H,3-4,7-10,12-13H2,1-2H3. The topological polar surface area (TPSA) is 59.2 Å². The van der Waals surface area contributed by atoms with Crippen LogP contribution in [0.5, 0.6) is 0 Å². The fourth-order valence-corrected chi connectivity index (χ4v) is 5.12. The van der Waals surface area contributed by atoms with Gasteiger partial charge < -0.3 is 9.42 Å². The molecule has 1 heterocycles. The second kappa shape index (κ2) is 7.60. The molecule has 5 nitrogen and oxygen atoms in total. The minimum atomic E-state index is -3.20. The van der Waals surface area contributed by atoms with Gasteiger partial charge in [0.05, 0.1) is 0 Å². The highest BCUT2D eigenvalue weighted by Gasteiger charge is 2.58. The summed E-state index contributed by atoms with van der Waals surface area (Å²) in [5.74, 6) is -5.72. The van der Waals surface area contributed by atoms with Gasteiger partial charge in [-0.05, 0) is 56.1 Å². The predicted molar refractivity (Wildman–Crippen MR) is 105 cm³/mol. The van der Waals surface area contributed by atoms with Crippen LogP contribution in [-0.4, -0.2) is 22.6 Å². The summed E-state index contributed by atoms with van der Waals surface area (Å²) in [6.45, 7) is 2.95. The number of nitrogens with zero attached hydrogens (tertiary/aromatic N) is 3. The number of aromatic nitrogens is 2. The highest BCUT2D eigenvalue weighted by atomic mass is 19.3. The Morgan fingerprint density at radius 2 is 1.90 bits per heavy atom. The van der Waals surface area contributed by atoms with E-state index >= 15 is 0 Å². The molecular formula is C22H25F4N3O2. The van der Waals surface area contributed by atoms with Crippen molar-refractivity contribution in [2.45, 2.75) is 70.1 Å². The van der Waals surface area contributed by atoms with E-state index in [0.29, 0.717) is 57.1 Å². The number of halogens is 4. The summed E-state index contributed by atoms with van der Waals surface area (Å²) in [7, 11) is 0. The van der Waals surface area contributed by atoms with Gasteiger partial charge in [0, 0.05) is 37.1 Å². The largest absolute Gasteiger partial charge is 0.333 e. The summed E-state index contributed by atoms with van der Waals surface area (Å²) in [5.41, 5.74) is -0.395. The molecule has 0 aliphatic heterocycles. The van der Waals surface area contributed by atoms with Gasteiger partial charge in [0.25, 0.3) is 5.89 Å². The Balaban J connectivity index is 1.59. The fraction of sp³-hybridized carbons (Fsp3) is 0.591. The number of fused-ring (bicyclic) bond motifs is 2. The average molecular weight is 439 g/mol. The third-order valence-electron chi connectivity index (χ3n) is 6.73. The summed E-state index contributed by atoms with van der Waals surface area (Å²) in [6, 6.07) is 3.48. The predicted octanol–water partition coefficient (Wildman–Crippen LogP) is 5.49. The first-order valence-corrected chi connectivity index (χ1v) is 10.6. The molecule has 9 heteroatoms. The second-order valence-corrected chi connectivity index (χ2v) is 9.10. The summed E-state index contributed by atoms with van der Waals surface area (Å²) in [5, 5.41) is 3.85. The van der Waals surface area contributed by atoms with Crippen LogP contribution in [0, 0.1) is 17.0 Å². The van der Waals surface area contributed by atoms with Crippen molar-refractivity contribution >= 4 is 11.6 Å². The van der Waals surface area contributed by atoms with Crippen LogP contribution < -0.4 is 4.90 Å². The summed E-state index contributed by atoms with van der Waals surface area (Å²) < 4.78 is 59.2. The molecule has 0 atom stereocenters. The molecule has 2 fully saturated rings. The Kier molecular flexibility index (Phi) is 5.34. The van der Waals surface area contributed by atoms with Crippen LogP contribution in [0.15, 0.2) is 22.7 Å². The molecule has 2 aliphatic rings. The lowest BCUT2D eigenvalue weighted by Gasteiger charge is -2.34. The maximum atomic E-state index is 13.9. The first-order valence-electron chi connectivity index (χ1n) is 10.6. The van der Waals surface area contributed by atoms with Gasteiger partial charge in [-0.25, -0.2) is 8.78 Å². The van der Waals surface area contributed by atoms with Crippen LogP contribution in [-0.2, 0) is 16.1 Å². The first-order chi connectivity index (χ1) is 14.6. The zero-order valence-electron chi connectivity index (χ0n) is 17.6. The normalized spacial score (nSPS) is 25.2. The zero-order valence-corrected chi connectivity index (χ0v) is 17.6. The number of carbonyl (C=O) groups is 1. The van der Waals surface area contributed by atoms with E-state index in [0.717, 1.165) is 25.0 Å². The third kappa shape index (κ3) is 3.94. The summed E-state index contributed by atoms with van der Waals surface area (Å²) in [6.07, 6.45) is 4.49. The molecule has 0 saturated heterocycles. The second-order valence-electron chi connectivity index (χ2n) is 9.10. The van der Waals surface area contributed by atoms with Gasteiger partial charge in [0.2, 0.25) is 5.91 Å². The molecule has 2 bridgehead atoms. The molecule has 1 amide bonds. The van der Waals surface area contributed by atoms with Crippen molar-refractivity contribution in [1.82, 2.24) is 10.1 Å². The van der Waals surface area contributed by atoms with E-state index in [2.05, 4.69) is 10.1 Å². The van der Waals surface area contributed by atoms with Gasteiger partial charge in [-0.2, -0.15) is 13.8 Å². The molecule has 2 saturated carbocycles. The van der Waals surface area contributed by atoms with Gasteiger partial charge in [-0.3, -0.25) is 4.79 Å². The third-order valence-corrected chi connectivity index (χ3v) is 6.73. The quantitative estimate of drug-likeness (QED) is 0.535. The van der Waals surface area contributed by atoms with Crippen molar-refractivity contribution in [1.29, 1.82) is 0 Å². The number of anilines is 1. The molecule has 4 rings (SSSR count). The Labute approximate surface area is 177 Å². The first kappa shape index (κ1) is 21.8. The van der Waals surface area contributed by atoms with Crippen LogP contribution in [0.3, 0.4) is 0 Å². The van der Waals surface area contributed by atoms with Gasteiger partial charge in [-0.1, -0.05) is 12.1 Å². The molecule has 0 radical (unpaired) electrons. The van der Waals surface area contributed by atoms with E-state index in [9.17, 15) is 22.4 Å². The molecule has 31 heavy (non-hydrogen) atoms. The zero-order chi connectivity index (χ0) is 22.4. The molecular weight excluding hydrogens is 414 g/mol. The number of amides is 1. The van der Waals surface area contributed by atoms with Crippen molar-refractivity contribution in [2.75, 3.05) is 11.4 Å². The number of benzene rings is 1. The molecule has 1 aromatic carbocycles. The molecule has 1 aromatic heterocycles. The van der Waals surface area contributed by atoms with E-state index in [1.807, 2.05) is 6.92 Å². The Morgan fingerprint density at radius 1 is 1.19 bits per heavy atom. The minimum absolute atomic E-state index is 0.153. The molecule has 168 valence electrons. The molecule has 0 spiro atoms. The van der Waals surface area contributed by atoms with E-state index in [-0.39, 0.29) is 11.3 Å². The lowest BCUT2D eigenvalue weighted by Crippen LogP contribution is -2.39.